The van der Waals surface area contributed by atoms with Crippen LogP contribution in [0.25, 0.3) is 0 Å². The fourth-order valence-electron chi connectivity index (χ4n) is 1.94. The molecule has 1 heterocycles. The molecule has 18 heavy (non-hydrogen) atoms. The van der Waals surface area contributed by atoms with Crippen LogP contribution >= 0.6 is 0 Å². The molecule has 0 aromatic heterocycles. The summed E-state index contributed by atoms with van der Waals surface area (Å²) in [7, 11) is 0. The van der Waals surface area contributed by atoms with Crippen LogP contribution in [0.2, 0.25) is 0 Å². The number of aromatic hydroxyl groups is 1. The van der Waals surface area contributed by atoms with Crippen LogP contribution in [0.5, 0.6) is 5.75 Å². The van der Waals surface area contributed by atoms with Crippen LogP contribution in [-0.2, 0) is 4.74 Å². The van der Waals surface area contributed by atoms with E-state index in [0.717, 1.165) is 18.9 Å². The van der Waals surface area contributed by atoms with Crippen LogP contribution in [0, 0.1) is 12.7 Å². The molecule has 1 fully saturated rings. The summed E-state index contributed by atoms with van der Waals surface area (Å²) in [5.74, 6) is -1.18. The summed E-state index contributed by atoms with van der Waals surface area (Å²) >= 11 is 0. The van der Waals surface area contributed by atoms with Crippen LogP contribution in [-0.4, -0.2) is 30.3 Å². The van der Waals surface area contributed by atoms with Crippen molar-refractivity contribution >= 4 is 5.91 Å². The molecular weight excluding hydrogens is 237 g/mol. The first-order valence-electron chi connectivity index (χ1n) is 5.95. The van der Waals surface area contributed by atoms with Gasteiger partial charge in [-0.25, -0.2) is 4.39 Å². The zero-order valence-electron chi connectivity index (χ0n) is 10.2. The molecule has 0 unspecified atom stereocenters. The minimum atomic E-state index is -0.616. The molecule has 1 aromatic rings. The Hall–Kier alpha value is -1.62. The molecule has 0 bridgehead atoms. The third-order valence-corrected chi connectivity index (χ3v) is 3.09. The first-order valence-corrected chi connectivity index (χ1v) is 5.95. The predicted molar refractivity (Wildman–Crippen MR) is 64.1 cm³/mol. The fraction of sp³-hybridized carbons (Fsp3) is 0.462. The monoisotopic (exact) mass is 253 g/mol. The number of hydrogen-bond donors (Lipinski definition) is 2. The number of nitrogens with one attached hydrogen (secondary N) is 1. The summed E-state index contributed by atoms with van der Waals surface area (Å²) in [5.41, 5.74) is 0.291. The number of rotatable bonds is 2. The molecule has 1 aliphatic rings. The van der Waals surface area contributed by atoms with Gasteiger partial charge in [-0.15, -0.1) is 0 Å². The lowest BCUT2D eigenvalue weighted by atomic mass is 10.1. The maximum Gasteiger partial charge on any atom is 0.254 e. The zero-order chi connectivity index (χ0) is 13.1. The standard InChI is InChI=1S/C13H16FNO3/c1-8-6-11(14)10(7-12(8)16)13(17)15-9-2-4-18-5-3-9/h6-7,9,16H,2-5H2,1H3,(H,15,17). The summed E-state index contributed by atoms with van der Waals surface area (Å²) in [4.78, 5) is 11.9. The van der Waals surface area contributed by atoms with Crippen molar-refractivity contribution in [3.63, 3.8) is 0 Å². The zero-order valence-corrected chi connectivity index (χ0v) is 10.2. The maximum absolute atomic E-state index is 13.6. The highest BCUT2D eigenvalue weighted by Crippen LogP contribution is 2.21. The number of phenols is 1. The number of carbonyl (C=O) groups is 1. The quantitative estimate of drug-likeness (QED) is 0.844. The van der Waals surface area contributed by atoms with Gasteiger partial charge in [0.05, 0.1) is 5.56 Å². The van der Waals surface area contributed by atoms with E-state index in [-0.39, 0.29) is 17.4 Å². The Morgan fingerprint density at radius 1 is 1.44 bits per heavy atom. The molecule has 0 atom stereocenters. The molecule has 1 aliphatic heterocycles. The number of amides is 1. The first kappa shape index (κ1) is 12.8. The second-order valence-corrected chi connectivity index (χ2v) is 4.48. The largest absolute Gasteiger partial charge is 0.508 e. The molecule has 2 N–H and O–H groups in total. The van der Waals surface area contributed by atoms with Gasteiger partial charge in [0.15, 0.2) is 0 Å². The fourth-order valence-corrected chi connectivity index (χ4v) is 1.94. The van der Waals surface area contributed by atoms with Crippen molar-refractivity contribution in [3.8, 4) is 5.75 Å². The van der Waals surface area contributed by atoms with Crippen molar-refractivity contribution in [2.24, 2.45) is 0 Å². The Morgan fingerprint density at radius 2 is 2.11 bits per heavy atom. The number of halogens is 1. The van der Waals surface area contributed by atoms with E-state index in [9.17, 15) is 14.3 Å². The van der Waals surface area contributed by atoms with Gasteiger partial charge in [0.25, 0.3) is 5.91 Å². The summed E-state index contributed by atoms with van der Waals surface area (Å²) in [6, 6.07) is 2.34. The Balaban J connectivity index is 2.10. The number of carbonyl (C=O) groups excluding carboxylic acids is 1. The lowest BCUT2D eigenvalue weighted by Crippen LogP contribution is -2.39. The van der Waals surface area contributed by atoms with E-state index in [2.05, 4.69) is 5.32 Å². The predicted octanol–water partition coefficient (Wildman–Crippen LogP) is 1.75. The van der Waals surface area contributed by atoms with Crippen molar-refractivity contribution in [1.29, 1.82) is 0 Å². The molecular formula is C13H16FNO3. The Bertz CT molecular complexity index is 456. The van der Waals surface area contributed by atoms with E-state index >= 15 is 0 Å². The van der Waals surface area contributed by atoms with Gasteiger partial charge in [0.2, 0.25) is 0 Å². The van der Waals surface area contributed by atoms with Crippen LogP contribution in [0.15, 0.2) is 12.1 Å². The second kappa shape index (κ2) is 5.35. The van der Waals surface area contributed by atoms with Gasteiger partial charge in [-0.05, 0) is 37.5 Å². The van der Waals surface area contributed by atoms with Gasteiger partial charge in [-0.2, -0.15) is 0 Å². The SMILES string of the molecule is Cc1cc(F)c(C(=O)NC2CCOCC2)cc1O. The summed E-state index contributed by atoms with van der Waals surface area (Å²) in [5, 5.41) is 12.3. The summed E-state index contributed by atoms with van der Waals surface area (Å²) in [6.45, 7) is 2.79. The second-order valence-electron chi connectivity index (χ2n) is 4.48. The summed E-state index contributed by atoms with van der Waals surface area (Å²) in [6.07, 6.45) is 1.45. The van der Waals surface area contributed by atoms with E-state index < -0.39 is 11.7 Å². The Kier molecular flexibility index (Phi) is 3.81. The molecule has 1 saturated heterocycles. The normalized spacial score (nSPS) is 16.6. The van der Waals surface area contributed by atoms with Gasteiger partial charge in [0, 0.05) is 19.3 Å². The molecule has 98 valence electrons. The van der Waals surface area contributed by atoms with E-state index in [1.54, 1.807) is 6.92 Å². The van der Waals surface area contributed by atoms with Gasteiger partial charge in [-0.1, -0.05) is 0 Å². The van der Waals surface area contributed by atoms with Crippen molar-refractivity contribution in [2.45, 2.75) is 25.8 Å². The number of phenolic OH excluding ortho intramolecular Hbond substituents is 1. The topological polar surface area (TPSA) is 58.6 Å². The van der Waals surface area contributed by atoms with Crippen LogP contribution in [0.4, 0.5) is 4.39 Å². The third kappa shape index (κ3) is 2.79. The van der Waals surface area contributed by atoms with Crippen molar-refractivity contribution in [3.05, 3.63) is 29.1 Å². The number of ether oxygens (including phenoxy) is 1. The number of benzene rings is 1. The van der Waals surface area contributed by atoms with Gasteiger partial charge in [0.1, 0.15) is 11.6 Å². The van der Waals surface area contributed by atoms with Crippen LogP contribution in [0.3, 0.4) is 0 Å². The number of hydrogen-bond acceptors (Lipinski definition) is 3. The molecule has 2 rings (SSSR count). The van der Waals surface area contributed by atoms with Crippen molar-refractivity contribution in [1.82, 2.24) is 5.32 Å². The van der Waals surface area contributed by atoms with Gasteiger partial charge < -0.3 is 15.2 Å². The average molecular weight is 253 g/mol. The van der Waals surface area contributed by atoms with E-state index in [1.807, 2.05) is 0 Å². The smallest absolute Gasteiger partial charge is 0.254 e. The highest BCUT2D eigenvalue weighted by atomic mass is 19.1. The molecule has 1 aromatic carbocycles. The van der Waals surface area contributed by atoms with E-state index in [1.165, 1.54) is 6.07 Å². The maximum atomic E-state index is 13.6. The summed E-state index contributed by atoms with van der Waals surface area (Å²) < 4.78 is 18.8. The first-order chi connectivity index (χ1) is 8.58. The Labute approximate surface area is 105 Å². The average Bonchev–Trinajstić information content (AvgIpc) is 2.35. The molecule has 0 saturated carbocycles. The van der Waals surface area contributed by atoms with Crippen molar-refractivity contribution in [2.75, 3.05) is 13.2 Å². The molecule has 4 nitrogen and oxygen atoms in total. The minimum absolute atomic E-state index is 0.00842. The van der Waals surface area contributed by atoms with Crippen LogP contribution < -0.4 is 5.32 Å². The molecule has 0 spiro atoms. The molecule has 0 aliphatic carbocycles. The third-order valence-electron chi connectivity index (χ3n) is 3.09. The van der Waals surface area contributed by atoms with E-state index in [4.69, 9.17) is 4.74 Å². The van der Waals surface area contributed by atoms with E-state index in [0.29, 0.717) is 18.8 Å². The molecule has 0 radical (unpaired) electrons. The molecule has 5 heteroatoms. The lowest BCUT2D eigenvalue weighted by Gasteiger charge is -2.23. The highest BCUT2D eigenvalue weighted by Gasteiger charge is 2.20. The minimum Gasteiger partial charge on any atom is -0.508 e. The highest BCUT2D eigenvalue weighted by molar-refractivity contribution is 5.95. The molecule has 1 amide bonds. The van der Waals surface area contributed by atoms with Crippen molar-refractivity contribution < 1.29 is 19.0 Å². The number of aryl methyl sites for hydroxylation is 1. The Morgan fingerprint density at radius 3 is 2.78 bits per heavy atom. The van der Waals surface area contributed by atoms with Gasteiger partial charge >= 0.3 is 0 Å². The lowest BCUT2D eigenvalue weighted by molar-refractivity contribution is 0.0694. The van der Waals surface area contributed by atoms with Gasteiger partial charge in [-0.3, -0.25) is 4.79 Å². The van der Waals surface area contributed by atoms with Crippen LogP contribution in [0.1, 0.15) is 28.8 Å².